The number of anilines is 1. The predicted octanol–water partition coefficient (Wildman–Crippen LogP) is 2.30. The Morgan fingerprint density at radius 3 is 2.88 bits per heavy atom. The molecule has 1 fully saturated rings. The van der Waals surface area contributed by atoms with E-state index in [2.05, 4.69) is 34.8 Å². The van der Waals surface area contributed by atoms with Crippen molar-refractivity contribution in [3.8, 4) is 0 Å². The molecule has 0 saturated carbocycles. The van der Waals surface area contributed by atoms with Crippen molar-refractivity contribution in [2.24, 2.45) is 5.41 Å². The number of carbonyl (C=O) groups is 1. The summed E-state index contributed by atoms with van der Waals surface area (Å²) in [5.41, 5.74) is 6.43. The molecule has 2 heterocycles. The van der Waals surface area contributed by atoms with E-state index in [4.69, 9.17) is 5.73 Å². The Balaban J connectivity index is 2.23. The lowest BCUT2D eigenvalue weighted by atomic mass is 9.93. The van der Waals surface area contributed by atoms with Gasteiger partial charge in [0, 0.05) is 23.8 Å². The van der Waals surface area contributed by atoms with Gasteiger partial charge in [-0.05, 0) is 33.8 Å². The molecule has 2 N–H and O–H groups in total. The van der Waals surface area contributed by atoms with Gasteiger partial charge in [-0.2, -0.15) is 0 Å². The number of likely N-dealkylation sites (tertiary alicyclic amines) is 1. The summed E-state index contributed by atoms with van der Waals surface area (Å²) in [5, 5.41) is 0. The van der Waals surface area contributed by atoms with Gasteiger partial charge >= 0.3 is 0 Å². The third-order valence-corrected chi connectivity index (χ3v) is 3.51. The molecule has 0 bridgehead atoms. The van der Waals surface area contributed by atoms with Crippen LogP contribution in [-0.4, -0.2) is 28.9 Å². The predicted molar refractivity (Wildman–Crippen MR) is 70.7 cm³/mol. The zero-order chi connectivity index (χ0) is 12.6. The summed E-state index contributed by atoms with van der Waals surface area (Å²) >= 11 is 3.31. The van der Waals surface area contributed by atoms with Crippen molar-refractivity contribution in [2.75, 3.05) is 18.8 Å². The van der Waals surface area contributed by atoms with E-state index in [1.165, 1.54) is 0 Å². The number of halogens is 1. The van der Waals surface area contributed by atoms with E-state index in [0.717, 1.165) is 24.0 Å². The molecule has 1 aliphatic heterocycles. The van der Waals surface area contributed by atoms with Gasteiger partial charge in [0.25, 0.3) is 5.91 Å². The number of hydrogen-bond donors (Lipinski definition) is 1. The van der Waals surface area contributed by atoms with Gasteiger partial charge in [-0.3, -0.25) is 4.79 Å². The second-order valence-electron chi connectivity index (χ2n) is 5.23. The third-order valence-electron chi connectivity index (χ3n) is 3.08. The molecule has 17 heavy (non-hydrogen) atoms. The molecule has 5 heteroatoms. The van der Waals surface area contributed by atoms with Gasteiger partial charge in [0.1, 0.15) is 5.82 Å². The molecule has 0 spiro atoms. The molecule has 1 aliphatic rings. The summed E-state index contributed by atoms with van der Waals surface area (Å²) in [7, 11) is 0. The lowest BCUT2D eigenvalue weighted by molar-refractivity contribution is 0.0779. The number of rotatable bonds is 1. The van der Waals surface area contributed by atoms with E-state index in [-0.39, 0.29) is 11.3 Å². The van der Waals surface area contributed by atoms with Crippen LogP contribution in [0.3, 0.4) is 0 Å². The number of nitrogens with zero attached hydrogens (tertiary/aromatic N) is 2. The van der Waals surface area contributed by atoms with Gasteiger partial charge in [0.05, 0.1) is 5.56 Å². The number of hydrogen-bond acceptors (Lipinski definition) is 3. The highest BCUT2D eigenvalue weighted by Gasteiger charge is 2.33. The molecule has 0 radical (unpaired) electrons. The Hall–Kier alpha value is -1.10. The quantitative estimate of drug-likeness (QED) is 0.865. The van der Waals surface area contributed by atoms with E-state index < -0.39 is 0 Å². The summed E-state index contributed by atoms with van der Waals surface area (Å²) in [5.74, 6) is 0.268. The van der Waals surface area contributed by atoms with Crippen LogP contribution in [-0.2, 0) is 0 Å². The first kappa shape index (κ1) is 12.4. The first-order chi connectivity index (χ1) is 7.89. The topological polar surface area (TPSA) is 59.2 Å². The van der Waals surface area contributed by atoms with Crippen molar-refractivity contribution < 1.29 is 4.79 Å². The fourth-order valence-electron chi connectivity index (χ4n) is 2.08. The zero-order valence-electron chi connectivity index (χ0n) is 10.0. The maximum atomic E-state index is 12.3. The molecule has 0 aromatic carbocycles. The molecule has 2 rings (SSSR count). The summed E-state index contributed by atoms with van der Waals surface area (Å²) in [4.78, 5) is 18.1. The van der Waals surface area contributed by atoms with Crippen LogP contribution < -0.4 is 5.73 Å². The molecule has 0 unspecified atom stereocenters. The van der Waals surface area contributed by atoms with Crippen LogP contribution in [0, 0.1) is 5.41 Å². The highest BCUT2D eigenvalue weighted by Crippen LogP contribution is 2.30. The highest BCUT2D eigenvalue weighted by molar-refractivity contribution is 9.10. The number of aromatic nitrogens is 1. The molecule has 1 amide bonds. The van der Waals surface area contributed by atoms with Crippen molar-refractivity contribution >= 4 is 27.7 Å². The number of pyridine rings is 1. The van der Waals surface area contributed by atoms with E-state index >= 15 is 0 Å². The van der Waals surface area contributed by atoms with E-state index in [1.54, 1.807) is 12.3 Å². The molecule has 4 nitrogen and oxygen atoms in total. The Labute approximate surface area is 109 Å². The smallest absolute Gasteiger partial charge is 0.257 e. The molecule has 1 saturated heterocycles. The van der Waals surface area contributed by atoms with Gasteiger partial charge in [-0.1, -0.05) is 13.8 Å². The molecule has 92 valence electrons. The molecule has 1 aromatic rings. The fraction of sp³-hybridized carbons (Fsp3) is 0.500. The van der Waals surface area contributed by atoms with Crippen molar-refractivity contribution in [1.29, 1.82) is 0 Å². The fourth-order valence-corrected chi connectivity index (χ4v) is 2.41. The van der Waals surface area contributed by atoms with E-state index in [0.29, 0.717) is 11.4 Å². The Kier molecular flexibility index (Phi) is 3.12. The normalized spacial score (nSPS) is 18.4. The number of nitrogens with two attached hydrogens (primary N) is 1. The van der Waals surface area contributed by atoms with Gasteiger partial charge in [-0.25, -0.2) is 4.98 Å². The summed E-state index contributed by atoms with van der Waals surface area (Å²) in [6.07, 6.45) is 2.63. The lowest BCUT2D eigenvalue weighted by Gasteiger charge is -2.20. The second-order valence-corrected chi connectivity index (χ2v) is 6.14. The second kappa shape index (κ2) is 4.29. The van der Waals surface area contributed by atoms with Gasteiger partial charge in [0.2, 0.25) is 0 Å². The van der Waals surface area contributed by atoms with Crippen molar-refractivity contribution in [1.82, 2.24) is 9.88 Å². The Morgan fingerprint density at radius 2 is 2.29 bits per heavy atom. The minimum Gasteiger partial charge on any atom is -0.383 e. The van der Waals surface area contributed by atoms with Crippen molar-refractivity contribution in [3.63, 3.8) is 0 Å². The number of carbonyl (C=O) groups excluding carboxylic acids is 1. The summed E-state index contributed by atoms with van der Waals surface area (Å²) in [6.45, 7) is 5.90. The number of nitrogen functional groups attached to an aromatic ring is 1. The van der Waals surface area contributed by atoms with Crippen LogP contribution in [0.25, 0.3) is 0 Å². The van der Waals surface area contributed by atoms with Crippen LogP contribution >= 0.6 is 15.9 Å². The first-order valence-corrected chi connectivity index (χ1v) is 6.39. The van der Waals surface area contributed by atoms with Gasteiger partial charge in [-0.15, -0.1) is 0 Å². The molecule has 1 aromatic heterocycles. The maximum Gasteiger partial charge on any atom is 0.257 e. The summed E-state index contributed by atoms with van der Waals surface area (Å²) < 4.78 is 0.772. The van der Waals surface area contributed by atoms with Crippen LogP contribution in [0.15, 0.2) is 16.7 Å². The van der Waals surface area contributed by atoms with Crippen LogP contribution in [0.2, 0.25) is 0 Å². The highest BCUT2D eigenvalue weighted by atomic mass is 79.9. The van der Waals surface area contributed by atoms with Crippen molar-refractivity contribution in [3.05, 3.63) is 22.3 Å². The molecular weight excluding hydrogens is 282 g/mol. The third kappa shape index (κ3) is 2.60. The van der Waals surface area contributed by atoms with Crippen LogP contribution in [0.5, 0.6) is 0 Å². The van der Waals surface area contributed by atoms with Crippen molar-refractivity contribution in [2.45, 2.75) is 20.3 Å². The SMILES string of the molecule is CC1(C)CCN(C(=O)c2cc(Br)cnc2N)C1. The van der Waals surface area contributed by atoms with Crippen LogP contribution in [0.4, 0.5) is 5.82 Å². The zero-order valence-corrected chi connectivity index (χ0v) is 11.6. The lowest BCUT2D eigenvalue weighted by Crippen LogP contribution is -2.31. The average molecular weight is 298 g/mol. The Morgan fingerprint density at radius 1 is 1.59 bits per heavy atom. The van der Waals surface area contributed by atoms with Gasteiger partial charge in [0.15, 0.2) is 0 Å². The molecular formula is C12H16BrN3O. The van der Waals surface area contributed by atoms with Gasteiger partial charge < -0.3 is 10.6 Å². The van der Waals surface area contributed by atoms with E-state index in [9.17, 15) is 4.79 Å². The van der Waals surface area contributed by atoms with Crippen LogP contribution in [0.1, 0.15) is 30.6 Å². The first-order valence-electron chi connectivity index (χ1n) is 5.59. The largest absolute Gasteiger partial charge is 0.383 e. The molecule has 0 aliphatic carbocycles. The summed E-state index contributed by atoms with van der Waals surface area (Å²) in [6, 6.07) is 1.73. The molecule has 0 atom stereocenters. The Bertz CT molecular complexity index is 459. The minimum atomic E-state index is -0.0260. The standard InChI is InChI=1S/C12H16BrN3O/c1-12(2)3-4-16(7-12)11(17)9-5-8(13)6-15-10(9)14/h5-6H,3-4,7H2,1-2H3,(H2,14,15). The average Bonchev–Trinajstić information content (AvgIpc) is 2.61. The maximum absolute atomic E-state index is 12.3. The minimum absolute atomic E-state index is 0.0260. The van der Waals surface area contributed by atoms with E-state index in [1.807, 2.05) is 4.90 Å². The number of amides is 1. The monoisotopic (exact) mass is 297 g/mol.